The first-order valence-corrected chi connectivity index (χ1v) is 12.8. The summed E-state index contributed by atoms with van der Waals surface area (Å²) in [6, 6.07) is 13.6. The summed E-state index contributed by atoms with van der Waals surface area (Å²) in [4.78, 5) is 40.4. The predicted octanol–water partition coefficient (Wildman–Crippen LogP) is 5.53. The van der Waals surface area contributed by atoms with Crippen molar-refractivity contribution in [3.05, 3.63) is 87.7 Å². The number of rotatable bonds is 7. The van der Waals surface area contributed by atoms with Gasteiger partial charge in [0, 0.05) is 60.4 Å². The van der Waals surface area contributed by atoms with E-state index in [4.69, 9.17) is 0 Å². The van der Waals surface area contributed by atoms with Crippen LogP contribution in [0.5, 0.6) is 0 Å². The second kappa shape index (κ2) is 10.4. The smallest absolute Gasteiger partial charge is 0.268 e. The summed E-state index contributed by atoms with van der Waals surface area (Å²) < 4.78 is 2.04. The number of carbonyl (C=O) groups excluding carboxylic acids is 2. The molecule has 37 heavy (non-hydrogen) atoms. The summed E-state index contributed by atoms with van der Waals surface area (Å²) in [5.74, 6) is -0.530. The fourth-order valence-electron chi connectivity index (χ4n) is 4.58. The van der Waals surface area contributed by atoms with E-state index in [0.29, 0.717) is 27.2 Å². The Balaban J connectivity index is 2.02. The van der Waals surface area contributed by atoms with Crippen LogP contribution < -0.4 is 21.1 Å². The first-order chi connectivity index (χ1) is 17.7. The van der Waals surface area contributed by atoms with Crippen LogP contribution in [0.2, 0.25) is 0 Å². The molecule has 0 atom stereocenters. The lowest BCUT2D eigenvalue weighted by molar-refractivity contribution is -0.111. The van der Waals surface area contributed by atoms with Crippen LogP contribution in [0.3, 0.4) is 0 Å². The molecule has 0 radical (unpaired) electrons. The molecule has 190 valence electrons. The summed E-state index contributed by atoms with van der Waals surface area (Å²) in [7, 11) is 3.71. The number of carbonyl (C=O) groups is 2. The standard InChI is InChI=1S/C29H30N4O3S/c1-7-25(34)31-19-12-13-23(33(6)26-17(3)10-9-11-18(26)4)20(14-19)22-16-32(5)29(36)27-21(22)15-24(37-27)28(35)30-8-2/h7,9-16H,1,8H2,2-6H3,(H,30,35)(H,31,34). The normalized spacial score (nSPS) is 10.8. The molecule has 0 aliphatic carbocycles. The molecule has 0 unspecified atom stereocenters. The van der Waals surface area contributed by atoms with Crippen LogP contribution in [0.1, 0.15) is 27.7 Å². The topological polar surface area (TPSA) is 83.4 Å². The fourth-order valence-corrected chi connectivity index (χ4v) is 5.65. The molecule has 2 aromatic heterocycles. The number of fused-ring (bicyclic) bond motifs is 1. The fraction of sp³-hybridized carbons (Fsp3) is 0.207. The lowest BCUT2D eigenvalue weighted by Gasteiger charge is -2.27. The van der Waals surface area contributed by atoms with Gasteiger partial charge in [-0.2, -0.15) is 0 Å². The molecule has 4 rings (SSSR count). The first-order valence-electron chi connectivity index (χ1n) is 11.9. The Labute approximate surface area is 220 Å². The first kappa shape index (κ1) is 25.9. The second-order valence-corrected chi connectivity index (χ2v) is 9.95. The molecule has 2 heterocycles. The number of anilines is 3. The Morgan fingerprint density at radius 1 is 1.11 bits per heavy atom. The molecule has 0 bridgehead atoms. The number of para-hydroxylation sites is 1. The Hall–Kier alpha value is -4.17. The van der Waals surface area contributed by atoms with Crippen molar-refractivity contribution in [3.8, 4) is 11.1 Å². The number of amides is 2. The lowest BCUT2D eigenvalue weighted by atomic mass is 9.99. The van der Waals surface area contributed by atoms with E-state index in [1.165, 1.54) is 22.0 Å². The van der Waals surface area contributed by atoms with Crippen molar-refractivity contribution in [2.45, 2.75) is 20.8 Å². The minimum atomic E-state index is -0.318. The number of thiophene rings is 1. The van der Waals surface area contributed by atoms with Gasteiger partial charge in [0.1, 0.15) is 4.70 Å². The van der Waals surface area contributed by atoms with E-state index in [2.05, 4.69) is 48.1 Å². The van der Waals surface area contributed by atoms with Crippen molar-refractivity contribution in [3.63, 3.8) is 0 Å². The van der Waals surface area contributed by atoms with Crippen molar-refractivity contribution in [2.24, 2.45) is 7.05 Å². The quantitative estimate of drug-likeness (QED) is 0.318. The number of hydrogen-bond acceptors (Lipinski definition) is 5. The number of nitrogens with one attached hydrogen (secondary N) is 2. The molecule has 4 aromatic rings. The van der Waals surface area contributed by atoms with E-state index < -0.39 is 0 Å². The zero-order chi connectivity index (χ0) is 26.9. The van der Waals surface area contributed by atoms with Crippen LogP contribution in [0.25, 0.3) is 21.2 Å². The molecular formula is C29H30N4O3S. The molecular weight excluding hydrogens is 484 g/mol. The van der Waals surface area contributed by atoms with Gasteiger partial charge in [-0.05, 0) is 62.2 Å². The zero-order valence-electron chi connectivity index (χ0n) is 21.6. The summed E-state index contributed by atoms with van der Waals surface area (Å²) in [5.41, 5.74) is 6.23. The highest BCUT2D eigenvalue weighted by atomic mass is 32.1. The molecule has 0 fully saturated rings. The van der Waals surface area contributed by atoms with Crippen molar-refractivity contribution >= 4 is 50.3 Å². The van der Waals surface area contributed by atoms with Gasteiger partial charge in [-0.25, -0.2) is 0 Å². The third kappa shape index (κ3) is 4.93. The lowest BCUT2D eigenvalue weighted by Crippen LogP contribution is -2.21. The Morgan fingerprint density at radius 3 is 2.46 bits per heavy atom. The summed E-state index contributed by atoms with van der Waals surface area (Å²) in [6.07, 6.45) is 3.01. The van der Waals surface area contributed by atoms with E-state index in [1.807, 2.05) is 38.2 Å². The number of nitrogens with zero attached hydrogens (tertiary/aromatic N) is 2. The highest BCUT2D eigenvalue weighted by Gasteiger charge is 2.21. The molecule has 8 heteroatoms. The maximum Gasteiger partial charge on any atom is 0.268 e. The van der Waals surface area contributed by atoms with E-state index in [-0.39, 0.29) is 17.4 Å². The molecule has 2 N–H and O–H groups in total. The van der Waals surface area contributed by atoms with Crippen LogP contribution >= 0.6 is 11.3 Å². The molecule has 0 aliphatic rings. The number of aromatic nitrogens is 1. The summed E-state index contributed by atoms with van der Waals surface area (Å²) >= 11 is 1.19. The Kier molecular flexibility index (Phi) is 7.31. The van der Waals surface area contributed by atoms with Gasteiger partial charge in [-0.1, -0.05) is 24.8 Å². The zero-order valence-corrected chi connectivity index (χ0v) is 22.5. The maximum atomic E-state index is 13.0. The Morgan fingerprint density at radius 2 is 1.81 bits per heavy atom. The van der Waals surface area contributed by atoms with Gasteiger partial charge in [0.2, 0.25) is 5.91 Å². The van der Waals surface area contributed by atoms with E-state index in [9.17, 15) is 14.4 Å². The number of benzene rings is 2. The summed E-state index contributed by atoms with van der Waals surface area (Å²) in [5, 5.41) is 6.35. The molecule has 2 amide bonds. The van der Waals surface area contributed by atoms with Gasteiger partial charge >= 0.3 is 0 Å². The largest absolute Gasteiger partial charge is 0.352 e. The third-order valence-electron chi connectivity index (χ3n) is 6.30. The Bertz CT molecular complexity index is 1580. The molecule has 0 saturated heterocycles. The van der Waals surface area contributed by atoms with Gasteiger partial charge < -0.3 is 20.1 Å². The molecule has 0 aliphatic heterocycles. The number of pyridine rings is 1. The van der Waals surface area contributed by atoms with E-state index in [1.54, 1.807) is 19.3 Å². The maximum absolute atomic E-state index is 13.0. The molecule has 0 saturated carbocycles. The number of aryl methyl sites for hydroxylation is 3. The average Bonchev–Trinajstić information content (AvgIpc) is 3.32. The monoisotopic (exact) mass is 514 g/mol. The highest BCUT2D eigenvalue weighted by molar-refractivity contribution is 7.20. The minimum Gasteiger partial charge on any atom is -0.352 e. The summed E-state index contributed by atoms with van der Waals surface area (Å²) in [6.45, 7) is 10.0. The molecule has 7 nitrogen and oxygen atoms in total. The number of hydrogen-bond donors (Lipinski definition) is 2. The average molecular weight is 515 g/mol. The highest BCUT2D eigenvalue weighted by Crippen LogP contribution is 2.41. The van der Waals surface area contributed by atoms with Gasteiger partial charge in [-0.15, -0.1) is 11.3 Å². The van der Waals surface area contributed by atoms with Crippen LogP contribution in [0.15, 0.2) is 66.1 Å². The predicted molar refractivity (Wildman–Crippen MR) is 153 cm³/mol. The van der Waals surface area contributed by atoms with Crippen molar-refractivity contribution in [2.75, 3.05) is 23.8 Å². The van der Waals surface area contributed by atoms with Gasteiger partial charge in [0.05, 0.1) is 4.88 Å². The van der Waals surface area contributed by atoms with Crippen molar-refractivity contribution < 1.29 is 9.59 Å². The van der Waals surface area contributed by atoms with Gasteiger partial charge in [0.25, 0.3) is 11.5 Å². The van der Waals surface area contributed by atoms with Gasteiger partial charge in [0.15, 0.2) is 0 Å². The van der Waals surface area contributed by atoms with Crippen LogP contribution in [-0.2, 0) is 11.8 Å². The van der Waals surface area contributed by atoms with Crippen LogP contribution in [0, 0.1) is 13.8 Å². The van der Waals surface area contributed by atoms with E-state index >= 15 is 0 Å². The van der Waals surface area contributed by atoms with Crippen LogP contribution in [0.4, 0.5) is 17.1 Å². The third-order valence-corrected chi connectivity index (χ3v) is 7.42. The molecule has 0 spiro atoms. The minimum absolute atomic E-state index is 0.167. The molecule has 2 aromatic carbocycles. The van der Waals surface area contributed by atoms with Crippen molar-refractivity contribution in [1.82, 2.24) is 9.88 Å². The van der Waals surface area contributed by atoms with Crippen molar-refractivity contribution in [1.29, 1.82) is 0 Å². The second-order valence-electron chi connectivity index (χ2n) is 8.90. The van der Waals surface area contributed by atoms with Gasteiger partial charge in [-0.3, -0.25) is 14.4 Å². The van der Waals surface area contributed by atoms with Crippen LogP contribution in [-0.4, -0.2) is 30.0 Å². The SMILES string of the molecule is C=CC(=O)Nc1ccc(N(C)c2c(C)cccc2C)c(-c2cn(C)c(=O)c3sc(C(=O)NCC)cc23)c1. The van der Waals surface area contributed by atoms with E-state index in [0.717, 1.165) is 33.6 Å².